The summed E-state index contributed by atoms with van der Waals surface area (Å²) < 4.78 is 45.6. The number of ether oxygens (including phenoxy) is 1. The van der Waals surface area contributed by atoms with Crippen LogP contribution in [0.5, 0.6) is 5.75 Å². The van der Waals surface area contributed by atoms with Crippen LogP contribution in [0.4, 0.5) is 18.0 Å². The number of halogens is 3. The number of β-amino-alcohol motifs (C(OH)–C–C–N with tert-alkyl or cyclic N) is 1. The second-order valence-electron chi connectivity index (χ2n) is 8.39. The molecule has 1 heterocycles. The number of hydrogen-bond acceptors (Lipinski definition) is 5. The van der Waals surface area contributed by atoms with Crippen molar-refractivity contribution in [3.05, 3.63) is 29.3 Å². The number of carbonyl (C=O) groups excluding carboxylic acids is 3. The molecule has 1 aliphatic rings. The van der Waals surface area contributed by atoms with E-state index in [1.807, 2.05) is 0 Å². The van der Waals surface area contributed by atoms with Crippen LogP contribution in [0.1, 0.15) is 45.7 Å². The van der Waals surface area contributed by atoms with Crippen LogP contribution in [0.25, 0.3) is 0 Å². The minimum Gasteiger partial charge on any atom is -0.491 e. The van der Waals surface area contributed by atoms with Crippen LogP contribution in [0.3, 0.4) is 0 Å². The highest BCUT2D eigenvalue weighted by molar-refractivity contribution is 6.07. The van der Waals surface area contributed by atoms with Crippen molar-refractivity contribution in [3.63, 3.8) is 0 Å². The summed E-state index contributed by atoms with van der Waals surface area (Å²) >= 11 is 0. The zero-order chi connectivity index (χ0) is 23.8. The molecule has 1 aromatic rings. The van der Waals surface area contributed by atoms with Crippen molar-refractivity contribution in [3.8, 4) is 5.75 Å². The number of amides is 4. The first-order chi connectivity index (χ1) is 14.0. The fourth-order valence-corrected chi connectivity index (χ4v) is 3.03. The van der Waals surface area contributed by atoms with Crippen LogP contribution in [0, 0.1) is 0 Å². The third kappa shape index (κ3) is 5.66. The van der Waals surface area contributed by atoms with Gasteiger partial charge in [0.25, 0.3) is 11.8 Å². The highest BCUT2D eigenvalue weighted by Gasteiger charge is 2.48. The lowest BCUT2D eigenvalue weighted by Crippen LogP contribution is -2.53. The number of urea groups is 1. The molecule has 4 amide bonds. The van der Waals surface area contributed by atoms with Gasteiger partial charge in [-0.25, -0.2) is 4.79 Å². The van der Waals surface area contributed by atoms with E-state index in [4.69, 9.17) is 4.74 Å². The van der Waals surface area contributed by atoms with Crippen LogP contribution >= 0.6 is 0 Å². The quantitative estimate of drug-likeness (QED) is 0.558. The maximum Gasteiger partial charge on any atom is 0.416 e. The number of hydrogen-bond donors (Lipinski definition) is 3. The average molecular weight is 445 g/mol. The maximum absolute atomic E-state index is 13.4. The van der Waals surface area contributed by atoms with Crippen molar-refractivity contribution < 1.29 is 37.4 Å². The highest BCUT2D eigenvalue weighted by atomic mass is 19.4. The minimum absolute atomic E-state index is 0.0329. The monoisotopic (exact) mass is 445 g/mol. The van der Waals surface area contributed by atoms with Crippen LogP contribution in [-0.2, 0) is 22.3 Å². The van der Waals surface area contributed by atoms with Crippen molar-refractivity contribution >= 4 is 17.8 Å². The lowest BCUT2D eigenvalue weighted by atomic mass is 10.0. The number of alkyl halides is 3. The van der Waals surface area contributed by atoms with Crippen molar-refractivity contribution in [1.29, 1.82) is 0 Å². The molecule has 172 valence electrons. The molecule has 31 heavy (non-hydrogen) atoms. The molecule has 0 aliphatic carbocycles. The third-order valence-electron chi connectivity index (χ3n) is 4.60. The molecule has 11 heteroatoms. The van der Waals surface area contributed by atoms with Crippen molar-refractivity contribution in [2.75, 3.05) is 6.54 Å². The molecule has 1 saturated heterocycles. The van der Waals surface area contributed by atoms with Gasteiger partial charge >= 0.3 is 12.2 Å². The Morgan fingerprint density at radius 2 is 1.90 bits per heavy atom. The molecule has 2 rings (SSSR count). The number of benzene rings is 1. The molecule has 1 atom stereocenters. The number of nitrogens with zero attached hydrogens (tertiary/aromatic N) is 1. The van der Waals surface area contributed by atoms with E-state index in [1.165, 1.54) is 26.0 Å². The van der Waals surface area contributed by atoms with Crippen LogP contribution in [-0.4, -0.2) is 51.6 Å². The van der Waals surface area contributed by atoms with E-state index in [2.05, 4.69) is 10.6 Å². The number of aliphatic hydroxyl groups is 1. The molecular weight excluding hydrogens is 419 g/mol. The van der Waals surface area contributed by atoms with Gasteiger partial charge < -0.3 is 20.5 Å². The van der Waals surface area contributed by atoms with Crippen molar-refractivity contribution in [2.45, 2.75) is 64.6 Å². The van der Waals surface area contributed by atoms with Gasteiger partial charge in [-0.05, 0) is 52.3 Å². The van der Waals surface area contributed by atoms with Crippen molar-refractivity contribution in [1.82, 2.24) is 15.5 Å². The summed E-state index contributed by atoms with van der Waals surface area (Å²) in [5.41, 5.74) is -4.62. The van der Waals surface area contributed by atoms with E-state index in [1.54, 1.807) is 13.8 Å². The topological polar surface area (TPSA) is 108 Å². The van der Waals surface area contributed by atoms with E-state index >= 15 is 0 Å². The Morgan fingerprint density at radius 3 is 2.39 bits per heavy atom. The number of carbonyl (C=O) groups is 3. The van der Waals surface area contributed by atoms with Gasteiger partial charge in [-0.1, -0.05) is 6.07 Å². The molecule has 0 bridgehead atoms. The van der Waals surface area contributed by atoms with Gasteiger partial charge in [0.05, 0.1) is 18.2 Å². The average Bonchev–Trinajstić information content (AvgIpc) is 2.80. The second-order valence-corrected chi connectivity index (χ2v) is 8.39. The Kier molecular flexibility index (Phi) is 6.60. The molecule has 0 unspecified atom stereocenters. The van der Waals surface area contributed by atoms with Gasteiger partial charge in [0.2, 0.25) is 0 Å². The molecule has 0 saturated carbocycles. The highest BCUT2D eigenvalue weighted by Crippen LogP contribution is 2.34. The predicted molar refractivity (Wildman–Crippen MR) is 104 cm³/mol. The second kappa shape index (κ2) is 8.37. The Morgan fingerprint density at radius 1 is 1.29 bits per heavy atom. The zero-order valence-electron chi connectivity index (χ0n) is 17.9. The van der Waals surface area contributed by atoms with Gasteiger partial charge in [-0.2, -0.15) is 13.2 Å². The summed E-state index contributed by atoms with van der Waals surface area (Å²) in [5.74, 6) is -1.63. The summed E-state index contributed by atoms with van der Waals surface area (Å²) in [4.78, 5) is 37.3. The van der Waals surface area contributed by atoms with Gasteiger partial charge in [-0.15, -0.1) is 0 Å². The lowest BCUT2D eigenvalue weighted by molar-refractivity contribution is -0.143. The first-order valence-corrected chi connectivity index (χ1v) is 9.56. The fourth-order valence-electron chi connectivity index (χ4n) is 3.03. The number of rotatable bonds is 7. The normalized spacial score (nSPS) is 18.1. The van der Waals surface area contributed by atoms with Crippen LogP contribution in [0.15, 0.2) is 18.2 Å². The van der Waals surface area contributed by atoms with E-state index in [-0.39, 0.29) is 17.4 Å². The molecule has 3 N–H and O–H groups in total. The minimum atomic E-state index is -4.69. The van der Waals surface area contributed by atoms with Crippen LogP contribution in [0.2, 0.25) is 0 Å². The molecule has 0 radical (unpaired) electrons. The molecule has 1 fully saturated rings. The molecular formula is C20H26F3N3O5. The largest absolute Gasteiger partial charge is 0.491 e. The first-order valence-electron chi connectivity index (χ1n) is 9.56. The maximum atomic E-state index is 13.4. The third-order valence-corrected chi connectivity index (χ3v) is 4.60. The van der Waals surface area contributed by atoms with Gasteiger partial charge in [0, 0.05) is 6.54 Å². The molecule has 0 aromatic heterocycles. The van der Waals surface area contributed by atoms with Crippen molar-refractivity contribution in [2.24, 2.45) is 0 Å². The smallest absolute Gasteiger partial charge is 0.416 e. The van der Waals surface area contributed by atoms with Gasteiger partial charge in [0.15, 0.2) is 5.60 Å². The Hall–Kier alpha value is -2.82. The summed E-state index contributed by atoms with van der Waals surface area (Å²) in [6.07, 6.45) is -5.01. The fraction of sp³-hybridized carbons (Fsp3) is 0.550. The summed E-state index contributed by atoms with van der Waals surface area (Å²) in [5, 5.41) is 15.1. The predicted octanol–water partition coefficient (Wildman–Crippen LogP) is 2.19. The van der Waals surface area contributed by atoms with Gasteiger partial charge in [-0.3, -0.25) is 14.5 Å². The van der Waals surface area contributed by atoms with E-state index in [0.717, 1.165) is 13.0 Å². The van der Waals surface area contributed by atoms with E-state index in [9.17, 15) is 32.7 Å². The molecule has 1 aliphatic heterocycles. The first kappa shape index (κ1) is 24.4. The van der Waals surface area contributed by atoms with Gasteiger partial charge in [0.1, 0.15) is 11.3 Å². The lowest BCUT2D eigenvalue weighted by Gasteiger charge is -2.27. The standard InChI is InChI=1S/C20H26F3N3O5/c1-11(2)31-13-7-6-12(14(8-13)20(21,22)23)9-24-15(27)19(5,30)10-26-16(28)18(3,4)25-17(26)29/h6-8,11,30H,9-10H2,1-5H3,(H,24,27)(H,25,29)/t19-/m0/s1. The number of imide groups is 1. The number of nitrogens with one attached hydrogen (secondary N) is 2. The Labute approximate surface area is 177 Å². The molecule has 0 spiro atoms. The Balaban J connectivity index is 2.14. The van der Waals surface area contributed by atoms with Crippen LogP contribution < -0.4 is 15.4 Å². The van der Waals surface area contributed by atoms with E-state index in [0.29, 0.717) is 4.90 Å². The Bertz CT molecular complexity index is 881. The summed E-state index contributed by atoms with van der Waals surface area (Å²) in [6.45, 7) is 6.17. The SMILES string of the molecule is CC(C)Oc1ccc(CNC(=O)[C@@](C)(O)CN2C(=O)NC(C)(C)C2=O)c(C(F)(F)F)c1. The summed E-state index contributed by atoms with van der Waals surface area (Å²) in [7, 11) is 0. The zero-order valence-corrected chi connectivity index (χ0v) is 17.9. The van der Waals surface area contributed by atoms with E-state index < -0.39 is 53.8 Å². The summed E-state index contributed by atoms with van der Waals surface area (Å²) in [6, 6.07) is 2.59. The molecule has 8 nitrogen and oxygen atoms in total. The molecule has 1 aromatic carbocycles.